The van der Waals surface area contributed by atoms with Crippen molar-refractivity contribution in [1.29, 1.82) is 0 Å². The average Bonchev–Trinajstić information content (AvgIpc) is 2.53. The van der Waals surface area contributed by atoms with Crippen LogP contribution in [0.2, 0.25) is 0 Å². The molecule has 1 rings (SSSR count). The Bertz CT molecular complexity index is 662. The van der Waals surface area contributed by atoms with Gasteiger partial charge in [-0.15, -0.1) is 0 Å². The highest BCUT2D eigenvalue weighted by Gasteiger charge is 2.17. The number of nitrogens with zero attached hydrogens (tertiary/aromatic N) is 1. The van der Waals surface area contributed by atoms with E-state index in [1.807, 2.05) is 19.1 Å². The maximum atomic E-state index is 12.5. The third-order valence-corrected chi connectivity index (χ3v) is 5.50. The monoisotopic (exact) mass is 369 g/mol. The van der Waals surface area contributed by atoms with Crippen molar-refractivity contribution in [3.63, 3.8) is 0 Å². The lowest BCUT2D eigenvalue weighted by Gasteiger charge is -2.19. The quantitative estimate of drug-likeness (QED) is 0.567. The predicted octanol–water partition coefficient (Wildman–Crippen LogP) is 1.96. The summed E-state index contributed by atoms with van der Waals surface area (Å²) < 4.78 is 30.0. The first-order valence-corrected chi connectivity index (χ1v) is 10.0. The number of hydrogen-bond acceptors (Lipinski definition) is 4. The molecule has 1 aromatic carbocycles. The first kappa shape index (κ1) is 21.4. The van der Waals surface area contributed by atoms with Crippen LogP contribution in [-0.2, 0) is 20.0 Å². The summed E-state index contributed by atoms with van der Waals surface area (Å²) in [6, 6.07) is 7.21. The summed E-state index contributed by atoms with van der Waals surface area (Å²) in [5, 5.41) is 6.16. The fraction of sp³-hybridized carbons (Fsp3) is 0.611. The molecule has 6 nitrogen and oxygen atoms in total. The third kappa shape index (κ3) is 7.04. The molecule has 0 heterocycles. The van der Waals surface area contributed by atoms with Crippen molar-refractivity contribution < 1.29 is 13.2 Å². The molecule has 0 fully saturated rings. The summed E-state index contributed by atoms with van der Waals surface area (Å²) in [7, 11) is -0.0569. The Balaban J connectivity index is 2.63. The SMILES string of the molecule is CN=C(NCCS(=O)(=O)c1ccc(C(C)(C)C)cc1)NC(C)COC. The first-order valence-electron chi connectivity index (χ1n) is 8.39. The van der Waals surface area contributed by atoms with Crippen LogP contribution in [0.1, 0.15) is 33.3 Å². The second-order valence-electron chi connectivity index (χ2n) is 7.09. The van der Waals surface area contributed by atoms with Crippen LogP contribution < -0.4 is 10.6 Å². The molecule has 0 radical (unpaired) electrons. The van der Waals surface area contributed by atoms with E-state index in [2.05, 4.69) is 36.4 Å². The van der Waals surface area contributed by atoms with Crippen molar-refractivity contribution in [2.75, 3.05) is 33.1 Å². The third-order valence-electron chi connectivity index (χ3n) is 3.77. The number of sulfone groups is 1. The standard InChI is InChI=1S/C18H31N3O3S/c1-14(13-24-6)21-17(19-5)20-11-12-25(22,23)16-9-7-15(8-10-16)18(2,3)4/h7-10,14H,11-13H2,1-6H3,(H2,19,20,21). The van der Waals surface area contributed by atoms with Crippen molar-refractivity contribution in [1.82, 2.24) is 10.6 Å². The maximum Gasteiger partial charge on any atom is 0.191 e. The number of hydrogen-bond donors (Lipinski definition) is 2. The van der Waals surface area contributed by atoms with Gasteiger partial charge in [-0.25, -0.2) is 8.42 Å². The summed E-state index contributed by atoms with van der Waals surface area (Å²) in [6.07, 6.45) is 0. The van der Waals surface area contributed by atoms with Crippen LogP contribution in [0.3, 0.4) is 0 Å². The van der Waals surface area contributed by atoms with Gasteiger partial charge in [0.2, 0.25) is 0 Å². The molecule has 142 valence electrons. The van der Waals surface area contributed by atoms with E-state index in [0.717, 1.165) is 5.56 Å². The van der Waals surface area contributed by atoms with Gasteiger partial charge in [0.25, 0.3) is 0 Å². The van der Waals surface area contributed by atoms with Crippen molar-refractivity contribution in [2.24, 2.45) is 4.99 Å². The van der Waals surface area contributed by atoms with Gasteiger partial charge < -0.3 is 15.4 Å². The normalized spacial score (nSPS) is 14.2. The summed E-state index contributed by atoms with van der Waals surface area (Å²) in [5.74, 6) is 0.559. The predicted molar refractivity (Wildman–Crippen MR) is 103 cm³/mol. The molecule has 2 N–H and O–H groups in total. The second kappa shape index (κ2) is 9.20. The summed E-state index contributed by atoms with van der Waals surface area (Å²) >= 11 is 0. The number of benzene rings is 1. The Labute approximate surface area is 152 Å². The van der Waals surface area contributed by atoms with E-state index in [-0.39, 0.29) is 23.8 Å². The van der Waals surface area contributed by atoms with Crippen molar-refractivity contribution in [3.05, 3.63) is 29.8 Å². The van der Waals surface area contributed by atoms with E-state index in [1.165, 1.54) is 0 Å². The molecular weight excluding hydrogens is 338 g/mol. The molecule has 25 heavy (non-hydrogen) atoms. The lowest BCUT2D eigenvalue weighted by atomic mass is 9.87. The minimum absolute atomic E-state index is 0.000898. The van der Waals surface area contributed by atoms with E-state index in [9.17, 15) is 8.42 Å². The Kier molecular flexibility index (Phi) is 7.89. The van der Waals surface area contributed by atoms with E-state index in [1.54, 1.807) is 26.3 Å². The topological polar surface area (TPSA) is 79.8 Å². The molecule has 0 aromatic heterocycles. The van der Waals surface area contributed by atoms with Crippen molar-refractivity contribution in [2.45, 2.75) is 44.0 Å². The molecule has 0 aliphatic heterocycles. The number of aliphatic imine (C=N–C) groups is 1. The highest BCUT2D eigenvalue weighted by Crippen LogP contribution is 2.23. The Morgan fingerprint density at radius 3 is 2.32 bits per heavy atom. The second-order valence-corrected chi connectivity index (χ2v) is 9.20. The van der Waals surface area contributed by atoms with Gasteiger partial charge in [0.05, 0.1) is 17.3 Å². The molecule has 0 bridgehead atoms. The molecule has 0 saturated carbocycles. The number of ether oxygens (including phenoxy) is 1. The molecule has 0 spiro atoms. The van der Waals surface area contributed by atoms with Crippen LogP contribution in [0.4, 0.5) is 0 Å². The zero-order valence-corrected chi connectivity index (χ0v) is 16.9. The van der Waals surface area contributed by atoms with Crippen LogP contribution in [-0.4, -0.2) is 53.5 Å². The number of rotatable bonds is 7. The van der Waals surface area contributed by atoms with Gasteiger partial charge in [-0.2, -0.15) is 0 Å². The fourth-order valence-electron chi connectivity index (χ4n) is 2.30. The van der Waals surface area contributed by atoms with Crippen LogP contribution in [0.5, 0.6) is 0 Å². The fourth-order valence-corrected chi connectivity index (χ4v) is 3.46. The number of methoxy groups -OCH3 is 1. The Morgan fingerprint density at radius 2 is 1.84 bits per heavy atom. The summed E-state index contributed by atoms with van der Waals surface area (Å²) in [4.78, 5) is 4.43. The van der Waals surface area contributed by atoms with Crippen molar-refractivity contribution >= 4 is 15.8 Å². The van der Waals surface area contributed by atoms with Crippen LogP contribution in [0.25, 0.3) is 0 Å². The zero-order chi connectivity index (χ0) is 19.1. The van der Waals surface area contributed by atoms with E-state index in [4.69, 9.17) is 4.74 Å². The summed E-state index contributed by atoms with van der Waals surface area (Å²) in [6.45, 7) is 9.09. The molecule has 0 aliphatic rings. The van der Waals surface area contributed by atoms with Crippen LogP contribution in [0, 0.1) is 0 Å². The van der Waals surface area contributed by atoms with Gasteiger partial charge in [0.15, 0.2) is 15.8 Å². The van der Waals surface area contributed by atoms with Gasteiger partial charge in [-0.3, -0.25) is 4.99 Å². The Morgan fingerprint density at radius 1 is 1.24 bits per heavy atom. The van der Waals surface area contributed by atoms with Gasteiger partial charge in [0.1, 0.15) is 0 Å². The first-order chi connectivity index (χ1) is 11.6. The lowest BCUT2D eigenvalue weighted by molar-refractivity contribution is 0.179. The number of nitrogens with one attached hydrogen (secondary N) is 2. The van der Waals surface area contributed by atoms with E-state index >= 15 is 0 Å². The highest BCUT2D eigenvalue weighted by molar-refractivity contribution is 7.91. The molecular formula is C18H31N3O3S. The molecule has 1 atom stereocenters. The van der Waals surface area contributed by atoms with Gasteiger partial charge in [-0.05, 0) is 30.0 Å². The molecule has 1 unspecified atom stereocenters. The van der Waals surface area contributed by atoms with E-state index < -0.39 is 9.84 Å². The highest BCUT2D eigenvalue weighted by atomic mass is 32.2. The lowest BCUT2D eigenvalue weighted by Crippen LogP contribution is -2.45. The van der Waals surface area contributed by atoms with Gasteiger partial charge >= 0.3 is 0 Å². The zero-order valence-electron chi connectivity index (χ0n) is 16.1. The average molecular weight is 370 g/mol. The molecule has 0 saturated heterocycles. The van der Waals surface area contributed by atoms with Crippen molar-refractivity contribution in [3.8, 4) is 0 Å². The van der Waals surface area contributed by atoms with Gasteiger partial charge in [0, 0.05) is 26.7 Å². The maximum absolute atomic E-state index is 12.5. The van der Waals surface area contributed by atoms with E-state index in [0.29, 0.717) is 17.5 Å². The smallest absolute Gasteiger partial charge is 0.191 e. The Hall–Kier alpha value is -1.60. The van der Waals surface area contributed by atoms with Crippen LogP contribution in [0.15, 0.2) is 34.2 Å². The largest absolute Gasteiger partial charge is 0.383 e. The molecule has 0 aliphatic carbocycles. The minimum atomic E-state index is -3.34. The molecule has 0 amide bonds. The molecule has 1 aromatic rings. The minimum Gasteiger partial charge on any atom is -0.383 e. The van der Waals surface area contributed by atoms with Crippen LogP contribution >= 0.6 is 0 Å². The molecule has 7 heteroatoms. The summed E-state index contributed by atoms with van der Waals surface area (Å²) in [5.41, 5.74) is 1.11. The van der Waals surface area contributed by atoms with Gasteiger partial charge in [-0.1, -0.05) is 32.9 Å². The number of guanidine groups is 1.